The minimum absolute atomic E-state index is 0.0225. The van der Waals surface area contributed by atoms with Crippen LogP contribution in [0.3, 0.4) is 0 Å². The zero-order valence-electron chi connectivity index (χ0n) is 10.5. The molecule has 18 heavy (non-hydrogen) atoms. The molecule has 0 bridgehead atoms. The third kappa shape index (κ3) is 3.55. The summed E-state index contributed by atoms with van der Waals surface area (Å²) in [5.41, 5.74) is 2.58. The lowest BCUT2D eigenvalue weighted by atomic mass is 9.95. The van der Waals surface area contributed by atoms with Crippen LogP contribution in [0, 0.1) is 17.0 Å². The predicted octanol–water partition coefficient (Wildman–Crippen LogP) is 2.74. The number of carbonyl (C=O) groups is 1. The van der Waals surface area contributed by atoms with Gasteiger partial charge < -0.3 is 5.11 Å². The Balaban J connectivity index is 2.98. The third-order valence-corrected chi connectivity index (χ3v) is 2.99. The molecule has 0 aliphatic carbocycles. The number of nitrogens with zero attached hydrogens (tertiary/aromatic N) is 1. The van der Waals surface area contributed by atoms with Gasteiger partial charge >= 0.3 is 5.97 Å². The van der Waals surface area contributed by atoms with Crippen LogP contribution in [-0.2, 0) is 11.2 Å². The number of hydrogen-bond acceptors (Lipinski definition) is 3. The van der Waals surface area contributed by atoms with E-state index < -0.39 is 16.9 Å². The standard InChI is InChI=1S/C13H17NO4/c1-3-10-4-5-11(9(2)8-10)12(14(17)18)6-7-13(15)16/h4-5,8,12H,3,6-7H2,1-2H3,(H,15,16). The van der Waals surface area contributed by atoms with Gasteiger partial charge in [0, 0.05) is 16.9 Å². The zero-order valence-corrected chi connectivity index (χ0v) is 10.5. The quantitative estimate of drug-likeness (QED) is 0.622. The van der Waals surface area contributed by atoms with Crippen LogP contribution in [0.1, 0.15) is 42.5 Å². The molecule has 0 amide bonds. The highest BCUT2D eigenvalue weighted by Gasteiger charge is 2.25. The van der Waals surface area contributed by atoms with Gasteiger partial charge in [0.05, 0.1) is 6.42 Å². The van der Waals surface area contributed by atoms with Gasteiger partial charge in [0.2, 0.25) is 6.04 Å². The third-order valence-electron chi connectivity index (χ3n) is 2.99. The summed E-state index contributed by atoms with van der Waals surface area (Å²) in [4.78, 5) is 21.1. The lowest BCUT2D eigenvalue weighted by Crippen LogP contribution is -2.14. The molecule has 98 valence electrons. The van der Waals surface area contributed by atoms with Gasteiger partial charge in [-0.1, -0.05) is 25.1 Å². The van der Waals surface area contributed by atoms with Gasteiger partial charge in [-0.25, -0.2) is 0 Å². The van der Waals surface area contributed by atoms with Gasteiger partial charge in [-0.15, -0.1) is 0 Å². The van der Waals surface area contributed by atoms with Crippen molar-refractivity contribution in [2.24, 2.45) is 0 Å². The fourth-order valence-electron chi connectivity index (χ4n) is 1.97. The Kier molecular flexibility index (Phi) is 4.83. The minimum atomic E-state index is -1.01. The summed E-state index contributed by atoms with van der Waals surface area (Å²) in [5.74, 6) is -1.01. The summed E-state index contributed by atoms with van der Waals surface area (Å²) in [6, 6.07) is 4.59. The first kappa shape index (κ1) is 14.2. The summed E-state index contributed by atoms with van der Waals surface area (Å²) >= 11 is 0. The number of rotatable bonds is 6. The van der Waals surface area contributed by atoms with Gasteiger partial charge in [0.15, 0.2) is 0 Å². The molecule has 1 rings (SSSR count). The Labute approximate surface area is 106 Å². The predicted molar refractivity (Wildman–Crippen MR) is 67.2 cm³/mol. The normalized spacial score (nSPS) is 12.1. The highest BCUT2D eigenvalue weighted by atomic mass is 16.6. The van der Waals surface area contributed by atoms with Crippen LogP contribution in [0.4, 0.5) is 0 Å². The van der Waals surface area contributed by atoms with E-state index in [9.17, 15) is 14.9 Å². The van der Waals surface area contributed by atoms with E-state index >= 15 is 0 Å². The van der Waals surface area contributed by atoms with Gasteiger partial charge in [0.1, 0.15) is 0 Å². The molecule has 1 aromatic carbocycles. The number of nitro groups is 1. The first-order valence-electron chi connectivity index (χ1n) is 5.90. The number of carboxylic acids is 1. The van der Waals surface area contributed by atoms with Crippen molar-refractivity contribution in [2.45, 2.75) is 39.2 Å². The monoisotopic (exact) mass is 251 g/mol. The van der Waals surface area contributed by atoms with E-state index in [0.29, 0.717) is 5.56 Å². The number of aryl methyl sites for hydroxylation is 2. The number of carboxylic acid groups (broad SMARTS) is 1. The molecule has 0 heterocycles. The fourth-order valence-corrected chi connectivity index (χ4v) is 1.97. The van der Waals surface area contributed by atoms with E-state index in [1.807, 2.05) is 26.0 Å². The van der Waals surface area contributed by atoms with Crippen molar-refractivity contribution in [2.75, 3.05) is 0 Å². The average Bonchev–Trinajstić information content (AvgIpc) is 2.30. The van der Waals surface area contributed by atoms with Crippen molar-refractivity contribution in [3.05, 3.63) is 45.0 Å². The van der Waals surface area contributed by atoms with E-state index in [4.69, 9.17) is 5.11 Å². The Morgan fingerprint density at radius 2 is 2.17 bits per heavy atom. The van der Waals surface area contributed by atoms with E-state index in [0.717, 1.165) is 17.5 Å². The molecule has 0 aromatic heterocycles. The Hall–Kier alpha value is -1.91. The molecular formula is C13H17NO4. The number of hydrogen-bond donors (Lipinski definition) is 1. The molecule has 5 heteroatoms. The average molecular weight is 251 g/mol. The van der Waals surface area contributed by atoms with Crippen LogP contribution >= 0.6 is 0 Å². The summed E-state index contributed by atoms with van der Waals surface area (Å²) in [7, 11) is 0. The van der Waals surface area contributed by atoms with Crippen molar-refractivity contribution in [3.63, 3.8) is 0 Å². The minimum Gasteiger partial charge on any atom is -0.481 e. The van der Waals surface area contributed by atoms with Crippen molar-refractivity contribution in [1.29, 1.82) is 0 Å². The van der Waals surface area contributed by atoms with Crippen LogP contribution < -0.4 is 0 Å². The molecule has 0 fully saturated rings. The van der Waals surface area contributed by atoms with E-state index in [1.165, 1.54) is 0 Å². The first-order valence-corrected chi connectivity index (χ1v) is 5.90. The van der Waals surface area contributed by atoms with Gasteiger partial charge in [-0.05, 0) is 24.5 Å². The van der Waals surface area contributed by atoms with Gasteiger partial charge in [-0.2, -0.15) is 0 Å². The van der Waals surface area contributed by atoms with Crippen molar-refractivity contribution in [3.8, 4) is 0 Å². The Morgan fingerprint density at radius 1 is 1.50 bits per heavy atom. The lowest BCUT2D eigenvalue weighted by molar-refractivity contribution is -0.530. The maximum Gasteiger partial charge on any atom is 0.303 e. The summed E-state index contributed by atoms with van der Waals surface area (Å²) < 4.78 is 0. The molecule has 1 unspecified atom stereocenters. The Morgan fingerprint density at radius 3 is 2.61 bits per heavy atom. The van der Waals surface area contributed by atoms with Gasteiger partial charge in [0.25, 0.3) is 0 Å². The number of aliphatic carboxylic acids is 1. The highest BCUT2D eigenvalue weighted by molar-refractivity contribution is 5.66. The second-order valence-electron chi connectivity index (χ2n) is 4.28. The number of benzene rings is 1. The van der Waals surface area contributed by atoms with Crippen LogP contribution in [0.25, 0.3) is 0 Å². The fraction of sp³-hybridized carbons (Fsp3) is 0.462. The Bertz CT molecular complexity index is 456. The molecule has 0 aliphatic heterocycles. The summed E-state index contributed by atoms with van der Waals surface area (Å²) in [6.45, 7) is 3.84. The van der Waals surface area contributed by atoms with Crippen molar-refractivity contribution in [1.82, 2.24) is 0 Å². The molecule has 0 spiro atoms. The van der Waals surface area contributed by atoms with Crippen molar-refractivity contribution < 1.29 is 14.8 Å². The zero-order chi connectivity index (χ0) is 13.7. The van der Waals surface area contributed by atoms with Gasteiger partial charge in [-0.3, -0.25) is 14.9 Å². The smallest absolute Gasteiger partial charge is 0.303 e. The van der Waals surface area contributed by atoms with Crippen LogP contribution in [0.2, 0.25) is 0 Å². The second-order valence-corrected chi connectivity index (χ2v) is 4.28. The SMILES string of the molecule is CCc1ccc(C(CCC(=O)O)[N+](=O)[O-])c(C)c1. The molecule has 0 saturated heterocycles. The molecule has 0 saturated carbocycles. The van der Waals surface area contributed by atoms with Crippen LogP contribution in [-0.4, -0.2) is 16.0 Å². The first-order chi connectivity index (χ1) is 8.45. The van der Waals surface area contributed by atoms with Crippen LogP contribution in [0.15, 0.2) is 18.2 Å². The van der Waals surface area contributed by atoms with E-state index in [-0.39, 0.29) is 12.8 Å². The van der Waals surface area contributed by atoms with E-state index in [2.05, 4.69) is 0 Å². The van der Waals surface area contributed by atoms with Crippen LogP contribution in [0.5, 0.6) is 0 Å². The largest absolute Gasteiger partial charge is 0.481 e. The molecular weight excluding hydrogens is 234 g/mol. The molecule has 0 aliphatic rings. The summed E-state index contributed by atoms with van der Waals surface area (Å²) in [6.07, 6.45) is 0.703. The molecule has 1 atom stereocenters. The molecule has 1 aromatic rings. The highest BCUT2D eigenvalue weighted by Crippen LogP contribution is 2.26. The molecule has 1 N–H and O–H groups in total. The lowest BCUT2D eigenvalue weighted by Gasteiger charge is -2.12. The molecule has 5 nitrogen and oxygen atoms in total. The maximum atomic E-state index is 11.0. The summed E-state index contributed by atoms with van der Waals surface area (Å²) in [5, 5.41) is 19.7. The second kappa shape index (κ2) is 6.14. The maximum absolute atomic E-state index is 11.0. The van der Waals surface area contributed by atoms with E-state index in [1.54, 1.807) is 6.07 Å². The topological polar surface area (TPSA) is 80.4 Å². The van der Waals surface area contributed by atoms with Crippen molar-refractivity contribution >= 4 is 5.97 Å². The molecule has 0 radical (unpaired) electrons.